The van der Waals surface area contributed by atoms with Crippen molar-refractivity contribution in [2.45, 2.75) is 13.5 Å². The molecule has 0 saturated heterocycles. The van der Waals surface area contributed by atoms with Crippen LogP contribution in [0.3, 0.4) is 0 Å². The molecule has 0 aliphatic heterocycles. The van der Waals surface area contributed by atoms with E-state index in [-0.39, 0.29) is 11.4 Å². The number of benzene rings is 1. The Kier molecular flexibility index (Phi) is 3.98. The molecule has 0 unspecified atom stereocenters. The minimum atomic E-state index is -0.267. The van der Waals surface area contributed by atoms with E-state index in [1.54, 1.807) is 26.1 Å². The maximum Gasteiger partial charge on any atom is 0.256 e. The Hall–Kier alpha value is -2.43. The maximum atomic E-state index is 12.8. The van der Waals surface area contributed by atoms with E-state index in [1.165, 1.54) is 23.0 Å². The lowest BCUT2D eigenvalue weighted by Crippen LogP contribution is -2.23. The molecule has 0 saturated carbocycles. The van der Waals surface area contributed by atoms with Crippen molar-refractivity contribution in [3.8, 4) is 0 Å². The second-order valence-electron chi connectivity index (χ2n) is 4.59. The van der Waals surface area contributed by atoms with Gasteiger partial charge in [-0.05, 0) is 24.6 Å². The topological polar surface area (TPSA) is 46.9 Å². The number of nitrogens with zero attached hydrogens (tertiary/aromatic N) is 2. The fourth-order valence-corrected chi connectivity index (χ4v) is 1.86. The van der Waals surface area contributed by atoms with E-state index in [0.717, 1.165) is 5.56 Å². The molecule has 2 aromatic rings. The molecule has 0 aliphatic rings. The molecule has 0 radical (unpaired) electrons. The van der Waals surface area contributed by atoms with Gasteiger partial charge in [0.25, 0.3) is 5.56 Å². The summed E-state index contributed by atoms with van der Waals surface area (Å²) in [6, 6.07) is 6.20. The minimum absolute atomic E-state index is 0.0975. The number of aromatic nitrogens is 2. The quantitative estimate of drug-likeness (QED) is 0.926. The summed E-state index contributed by atoms with van der Waals surface area (Å²) in [5.74, 6) is -0.267. The molecule has 0 amide bonds. The van der Waals surface area contributed by atoms with Gasteiger partial charge in [-0.3, -0.25) is 4.79 Å². The average Bonchev–Trinajstić information content (AvgIpc) is 2.44. The first-order valence-corrected chi connectivity index (χ1v) is 6.19. The van der Waals surface area contributed by atoms with Gasteiger partial charge in [-0.2, -0.15) is 0 Å². The fourth-order valence-electron chi connectivity index (χ4n) is 1.86. The van der Waals surface area contributed by atoms with Crippen LogP contribution in [-0.2, 0) is 13.6 Å². The molecule has 2 rings (SSSR count). The second kappa shape index (κ2) is 5.69. The molecule has 1 heterocycles. The molecule has 0 fully saturated rings. The summed E-state index contributed by atoms with van der Waals surface area (Å²) < 4.78 is 14.2. The average molecular weight is 273 g/mol. The van der Waals surface area contributed by atoms with Gasteiger partial charge in [0.05, 0.1) is 17.7 Å². The first-order valence-electron chi connectivity index (χ1n) is 6.19. The zero-order valence-corrected chi connectivity index (χ0v) is 11.5. The zero-order chi connectivity index (χ0) is 14.7. The Morgan fingerprint density at radius 3 is 2.70 bits per heavy atom. The van der Waals surface area contributed by atoms with Gasteiger partial charge >= 0.3 is 0 Å². The van der Waals surface area contributed by atoms with Crippen LogP contribution in [0.5, 0.6) is 0 Å². The molecule has 1 aromatic heterocycles. The lowest BCUT2D eigenvalue weighted by atomic mass is 10.2. The lowest BCUT2D eigenvalue weighted by Gasteiger charge is -2.11. The molecule has 0 aliphatic carbocycles. The van der Waals surface area contributed by atoms with Crippen molar-refractivity contribution in [3.05, 3.63) is 70.2 Å². The van der Waals surface area contributed by atoms with Crippen LogP contribution < -0.4 is 10.9 Å². The Bertz CT molecular complexity index is 689. The predicted molar refractivity (Wildman–Crippen MR) is 76.5 cm³/mol. The summed E-state index contributed by atoms with van der Waals surface area (Å²) in [5, 5.41) is 3.09. The van der Waals surface area contributed by atoms with Crippen molar-refractivity contribution in [1.29, 1.82) is 0 Å². The number of aryl methyl sites for hydroxylation is 1. The van der Waals surface area contributed by atoms with E-state index >= 15 is 0 Å². The summed E-state index contributed by atoms with van der Waals surface area (Å²) in [7, 11) is 1.65. The summed E-state index contributed by atoms with van der Waals surface area (Å²) >= 11 is 0. The molecular formula is C15H16FN3O. The van der Waals surface area contributed by atoms with Gasteiger partial charge in [-0.15, -0.1) is 0 Å². The van der Waals surface area contributed by atoms with E-state index < -0.39 is 0 Å². The first kappa shape index (κ1) is 14.0. The monoisotopic (exact) mass is 273 g/mol. The normalized spacial score (nSPS) is 10.3. The van der Waals surface area contributed by atoms with Gasteiger partial charge in [0.15, 0.2) is 0 Å². The minimum Gasteiger partial charge on any atom is -0.380 e. The van der Waals surface area contributed by atoms with Crippen LogP contribution >= 0.6 is 0 Å². The molecular weight excluding hydrogens is 257 g/mol. The molecule has 4 nitrogen and oxygen atoms in total. The Labute approximate surface area is 116 Å². The first-order chi connectivity index (χ1) is 9.49. The van der Waals surface area contributed by atoms with Gasteiger partial charge in [0.1, 0.15) is 5.82 Å². The van der Waals surface area contributed by atoms with E-state index in [0.29, 0.717) is 23.5 Å². The summed E-state index contributed by atoms with van der Waals surface area (Å²) in [6.45, 7) is 6.11. The number of hydrogen-bond donors (Lipinski definition) is 1. The van der Waals surface area contributed by atoms with Crippen molar-refractivity contribution in [3.63, 3.8) is 0 Å². The molecule has 20 heavy (non-hydrogen) atoms. The van der Waals surface area contributed by atoms with E-state index in [4.69, 9.17) is 0 Å². The molecule has 0 spiro atoms. The smallest absolute Gasteiger partial charge is 0.256 e. The predicted octanol–water partition coefficient (Wildman–Crippen LogP) is 1.99. The lowest BCUT2D eigenvalue weighted by molar-refractivity contribution is 0.626. The SMILES string of the molecule is C=C(NCc1ccc(F)cc1)c1ncn(C)c(=O)c1C. The van der Waals surface area contributed by atoms with Gasteiger partial charge in [-0.1, -0.05) is 18.7 Å². The highest BCUT2D eigenvalue weighted by molar-refractivity contribution is 5.60. The molecule has 1 N–H and O–H groups in total. The van der Waals surface area contributed by atoms with Crippen LogP contribution in [0.25, 0.3) is 5.70 Å². The maximum absolute atomic E-state index is 12.8. The zero-order valence-electron chi connectivity index (χ0n) is 11.5. The second-order valence-corrected chi connectivity index (χ2v) is 4.59. The third-order valence-electron chi connectivity index (χ3n) is 3.06. The number of rotatable bonds is 4. The van der Waals surface area contributed by atoms with Crippen LogP contribution in [0.2, 0.25) is 0 Å². The number of halogens is 1. The van der Waals surface area contributed by atoms with Gasteiger partial charge in [0, 0.05) is 19.2 Å². The van der Waals surface area contributed by atoms with E-state index in [9.17, 15) is 9.18 Å². The van der Waals surface area contributed by atoms with Crippen molar-refractivity contribution in [2.75, 3.05) is 0 Å². The van der Waals surface area contributed by atoms with Crippen molar-refractivity contribution in [1.82, 2.24) is 14.9 Å². The summed E-state index contributed by atoms with van der Waals surface area (Å²) in [4.78, 5) is 16.0. The van der Waals surface area contributed by atoms with E-state index in [1.807, 2.05) is 0 Å². The third-order valence-corrected chi connectivity index (χ3v) is 3.06. The molecule has 0 atom stereocenters. The fraction of sp³-hybridized carbons (Fsp3) is 0.200. The number of hydrogen-bond acceptors (Lipinski definition) is 3. The van der Waals surface area contributed by atoms with Crippen LogP contribution in [0, 0.1) is 12.7 Å². The Morgan fingerprint density at radius 1 is 1.40 bits per heavy atom. The molecule has 104 valence electrons. The van der Waals surface area contributed by atoms with Gasteiger partial charge in [-0.25, -0.2) is 9.37 Å². The molecule has 5 heteroatoms. The standard InChI is InChI=1S/C15H16FN3O/c1-10-14(18-9-19(3)15(10)20)11(2)17-8-12-4-6-13(16)7-5-12/h4-7,9,17H,2,8H2,1,3H3. The highest BCUT2D eigenvalue weighted by Gasteiger charge is 2.08. The third kappa shape index (κ3) is 2.93. The van der Waals surface area contributed by atoms with Crippen LogP contribution in [-0.4, -0.2) is 9.55 Å². The summed E-state index contributed by atoms with van der Waals surface area (Å²) in [5.41, 5.74) is 2.50. The Balaban J connectivity index is 2.11. The van der Waals surface area contributed by atoms with Crippen molar-refractivity contribution < 1.29 is 4.39 Å². The van der Waals surface area contributed by atoms with Crippen LogP contribution in [0.15, 0.2) is 42.0 Å². The van der Waals surface area contributed by atoms with Crippen molar-refractivity contribution in [2.24, 2.45) is 7.05 Å². The summed E-state index contributed by atoms with van der Waals surface area (Å²) in [6.07, 6.45) is 1.47. The number of nitrogens with one attached hydrogen (secondary N) is 1. The van der Waals surface area contributed by atoms with Crippen LogP contribution in [0.1, 0.15) is 16.8 Å². The largest absolute Gasteiger partial charge is 0.380 e. The van der Waals surface area contributed by atoms with Gasteiger partial charge < -0.3 is 9.88 Å². The van der Waals surface area contributed by atoms with Crippen LogP contribution in [0.4, 0.5) is 4.39 Å². The highest BCUT2D eigenvalue weighted by Crippen LogP contribution is 2.10. The molecule has 1 aromatic carbocycles. The molecule has 0 bridgehead atoms. The van der Waals surface area contributed by atoms with Gasteiger partial charge in [0.2, 0.25) is 0 Å². The Morgan fingerprint density at radius 2 is 2.05 bits per heavy atom. The van der Waals surface area contributed by atoms with Crippen molar-refractivity contribution >= 4 is 5.70 Å². The highest BCUT2D eigenvalue weighted by atomic mass is 19.1. The van der Waals surface area contributed by atoms with E-state index in [2.05, 4.69) is 16.9 Å².